The maximum Gasteiger partial charge on any atom is 0.331 e. The van der Waals surface area contributed by atoms with Crippen molar-refractivity contribution in [3.63, 3.8) is 0 Å². The molecule has 2 aromatic heterocycles. The number of ether oxygens (including phenoxy) is 1. The number of pyridine rings is 1. The average molecular weight is 606 g/mol. The summed E-state index contributed by atoms with van der Waals surface area (Å²) in [5, 5.41) is 6.54. The van der Waals surface area contributed by atoms with Gasteiger partial charge in [0.1, 0.15) is 31.0 Å². The summed E-state index contributed by atoms with van der Waals surface area (Å²) in [7, 11) is -3.24. The molecule has 11 nitrogen and oxygen atoms in total. The highest BCUT2D eigenvalue weighted by atomic mass is 32.2. The van der Waals surface area contributed by atoms with Crippen molar-refractivity contribution >= 4 is 66.3 Å². The number of urea groups is 1. The monoisotopic (exact) mass is 605 g/mol. The van der Waals surface area contributed by atoms with Crippen LogP contribution in [0.15, 0.2) is 60.8 Å². The number of nitrogens with zero attached hydrogens (tertiary/aromatic N) is 3. The van der Waals surface area contributed by atoms with Crippen LogP contribution in [-0.4, -0.2) is 67.3 Å². The van der Waals surface area contributed by atoms with E-state index in [9.17, 15) is 22.8 Å². The van der Waals surface area contributed by atoms with Gasteiger partial charge in [0.05, 0.1) is 34.2 Å². The number of benzene rings is 2. The average Bonchev–Trinajstić information content (AvgIpc) is 3.31. The normalized spacial score (nSPS) is 14.9. The Kier molecular flexibility index (Phi) is 7.07. The van der Waals surface area contributed by atoms with Crippen LogP contribution in [0.4, 0.5) is 21.9 Å². The number of sulfone groups is 1. The number of aryl methyl sites for hydroxylation is 1. The van der Waals surface area contributed by atoms with Gasteiger partial charge in [-0.05, 0) is 48.9 Å². The molecule has 216 valence electrons. The molecular weight excluding hydrogens is 578 g/mol. The van der Waals surface area contributed by atoms with Crippen LogP contribution in [-0.2, 0) is 14.6 Å². The number of hydrogen-bond donors (Lipinski definition) is 2. The van der Waals surface area contributed by atoms with Gasteiger partial charge in [-0.1, -0.05) is 18.2 Å². The minimum Gasteiger partial charge on any atom is -0.457 e. The first-order chi connectivity index (χ1) is 20.1. The van der Waals surface area contributed by atoms with E-state index in [-0.39, 0.29) is 43.1 Å². The Labute approximate surface area is 246 Å². The predicted octanol–water partition coefficient (Wildman–Crippen LogP) is 4.46. The quantitative estimate of drug-likeness (QED) is 0.303. The van der Waals surface area contributed by atoms with Crippen molar-refractivity contribution in [1.82, 2.24) is 15.2 Å². The molecule has 13 heteroatoms. The second kappa shape index (κ2) is 10.7. The summed E-state index contributed by atoms with van der Waals surface area (Å²) in [5.74, 6) is 0.432. The summed E-state index contributed by atoms with van der Waals surface area (Å²) in [4.78, 5) is 47.8. The number of aromatic nitrogens is 1. The number of hydrogen-bond acceptors (Lipinski definition) is 8. The third kappa shape index (κ3) is 5.40. The zero-order chi connectivity index (χ0) is 29.6. The van der Waals surface area contributed by atoms with Crippen molar-refractivity contribution < 1.29 is 27.5 Å². The topological polar surface area (TPSA) is 138 Å². The molecule has 4 heterocycles. The van der Waals surface area contributed by atoms with Crippen molar-refractivity contribution in [2.24, 2.45) is 0 Å². The number of anilines is 3. The Balaban J connectivity index is 1.26. The van der Waals surface area contributed by atoms with Gasteiger partial charge in [0.25, 0.3) is 5.91 Å². The summed E-state index contributed by atoms with van der Waals surface area (Å²) in [6.07, 6.45) is 2.59. The van der Waals surface area contributed by atoms with E-state index in [4.69, 9.17) is 4.74 Å². The number of carbonyl (C=O) groups is 3. The third-order valence-electron chi connectivity index (χ3n) is 7.09. The Bertz CT molecular complexity index is 1830. The van der Waals surface area contributed by atoms with Gasteiger partial charge in [-0.2, -0.15) is 0 Å². The zero-order valence-corrected chi connectivity index (χ0v) is 24.4. The van der Waals surface area contributed by atoms with Crippen LogP contribution in [0.5, 0.6) is 11.5 Å². The van der Waals surface area contributed by atoms with Gasteiger partial charge >= 0.3 is 6.03 Å². The van der Waals surface area contributed by atoms with Crippen molar-refractivity contribution in [3.05, 3.63) is 71.2 Å². The molecule has 2 aliphatic rings. The van der Waals surface area contributed by atoms with Gasteiger partial charge in [0, 0.05) is 32.0 Å². The van der Waals surface area contributed by atoms with E-state index < -0.39 is 15.9 Å². The number of carbonyl (C=O) groups excluding carboxylic acids is 3. The minimum absolute atomic E-state index is 0.0903. The minimum atomic E-state index is -3.24. The van der Waals surface area contributed by atoms with Crippen LogP contribution in [0.3, 0.4) is 0 Å². The Hall–Kier alpha value is -4.49. The molecule has 0 unspecified atom stereocenters. The van der Waals surface area contributed by atoms with Crippen molar-refractivity contribution in [1.29, 1.82) is 0 Å². The molecule has 0 radical (unpaired) electrons. The molecule has 0 atom stereocenters. The molecule has 1 fully saturated rings. The van der Waals surface area contributed by atoms with E-state index in [0.717, 1.165) is 11.8 Å². The molecule has 4 amide bonds. The Morgan fingerprint density at radius 3 is 2.60 bits per heavy atom. The number of rotatable bonds is 8. The van der Waals surface area contributed by atoms with Crippen molar-refractivity contribution in [2.75, 3.05) is 35.3 Å². The number of thiophene rings is 1. The fourth-order valence-electron chi connectivity index (χ4n) is 5.00. The molecule has 0 saturated carbocycles. The zero-order valence-electron chi connectivity index (χ0n) is 22.8. The maximum atomic E-state index is 13.6. The summed E-state index contributed by atoms with van der Waals surface area (Å²) < 4.78 is 28.7. The van der Waals surface area contributed by atoms with Gasteiger partial charge in [0.15, 0.2) is 0 Å². The van der Waals surface area contributed by atoms with Gasteiger partial charge in [0.2, 0.25) is 5.91 Å². The number of nitrogens with one attached hydrogen (secondary N) is 2. The summed E-state index contributed by atoms with van der Waals surface area (Å²) in [5.41, 5.74) is 2.36. The molecule has 2 aromatic carbocycles. The molecule has 0 spiro atoms. The van der Waals surface area contributed by atoms with Crippen LogP contribution < -0.4 is 20.3 Å². The summed E-state index contributed by atoms with van der Waals surface area (Å²) in [6.45, 7) is 2.43. The molecule has 0 aliphatic carbocycles. The lowest BCUT2D eigenvalue weighted by Gasteiger charge is -2.39. The van der Waals surface area contributed by atoms with Gasteiger partial charge < -0.3 is 20.3 Å². The lowest BCUT2D eigenvalue weighted by molar-refractivity contribution is -0.135. The molecule has 0 bridgehead atoms. The number of para-hydroxylation sites is 1. The Morgan fingerprint density at radius 1 is 1.12 bits per heavy atom. The fraction of sp³-hybridized carbons (Fsp3) is 0.241. The van der Waals surface area contributed by atoms with Crippen molar-refractivity contribution in [2.45, 2.75) is 19.4 Å². The highest BCUT2D eigenvalue weighted by Crippen LogP contribution is 2.47. The van der Waals surface area contributed by atoms with E-state index in [0.29, 0.717) is 43.7 Å². The van der Waals surface area contributed by atoms with Gasteiger partial charge in [-0.3, -0.25) is 14.5 Å². The highest BCUT2D eigenvalue weighted by Gasteiger charge is 2.37. The first kappa shape index (κ1) is 27.7. The summed E-state index contributed by atoms with van der Waals surface area (Å²) in [6, 6.07) is 15.8. The maximum absolute atomic E-state index is 13.6. The molecule has 2 aliphatic heterocycles. The molecular formula is C29H27N5O6S2. The van der Waals surface area contributed by atoms with Gasteiger partial charge in [-0.15, -0.1) is 11.3 Å². The lowest BCUT2D eigenvalue weighted by atomic mass is 10.1. The molecule has 6 rings (SSSR count). The van der Waals surface area contributed by atoms with E-state index in [1.165, 1.54) is 21.1 Å². The first-order valence-electron chi connectivity index (χ1n) is 13.2. The number of amides is 4. The van der Waals surface area contributed by atoms with Crippen LogP contribution in [0.1, 0.15) is 21.7 Å². The molecule has 4 aromatic rings. The largest absolute Gasteiger partial charge is 0.457 e. The lowest BCUT2D eigenvalue weighted by Crippen LogP contribution is -2.61. The summed E-state index contributed by atoms with van der Waals surface area (Å²) >= 11 is 1.19. The van der Waals surface area contributed by atoms with E-state index in [1.807, 2.05) is 43.3 Å². The van der Waals surface area contributed by atoms with Crippen LogP contribution >= 0.6 is 11.3 Å². The molecule has 42 heavy (non-hydrogen) atoms. The molecule has 1 saturated heterocycles. The van der Waals surface area contributed by atoms with Gasteiger partial charge in [-0.25, -0.2) is 18.2 Å². The second-order valence-corrected chi connectivity index (χ2v) is 13.6. The number of likely N-dealkylation sites (tertiary alicyclic amines) is 1. The predicted molar refractivity (Wildman–Crippen MR) is 161 cm³/mol. The van der Waals surface area contributed by atoms with E-state index >= 15 is 0 Å². The van der Waals surface area contributed by atoms with E-state index in [1.54, 1.807) is 24.4 Å². The van der Waals surface area contributed by atoms with Crippen molar-refractivity contribution in [3.8, 4) is 11.5 Å². The van der Waals surface area contributed by atoms with Crippen LogP contribution in [0.25, 0.3) is 10.2 Å². The van der Waals surface area contributed by atoms with E-state index in [2.05, 4.69) is 15.6 Å². The van der Waals surface area contributed by atoms with Crippen LogP contribution in [0, 0.1) is 6.92 Å². The third-order valence-corrected chi connectivity index (χ3v) is 9.12. The highest BCUT2D eigenvalue weighted by molar-refractivity contribution is 7.90. The molecule has 2 N–H and O–H groups in total. The SMILES string of the molecule is Cc1cc(Oc2ccccc2)ccc1N1C(=O)Nc2ccnc3sc(C(=O)NC4CN(C(=O)CCS(C)(=O)=O)C4)c1c23. The Morgan fingerprint density at radius 2 is 1.88 bits per heavy atom. The van der Waals surface area contributed by atoms with Crippen LogP contribution in [0.2, 0.25) is 0 Å². The first-order valence-corrected chi connectivity index (χ1v) is 16.1. The fourth-order valence-corrected chi connectivity index (χ4v) is 6.61. The standard InChI is InChI=1S/C29H27N5O6S2/c1-17-14-20(40-19-6-4-3-5-7-19)8-9-22(17)34-25-24-21(32-29(34)37)10-12-30-28(24)41-26(25)27(36)31-18-15-33(16-18)23(35)11-13-42(2,38)39/h3-10,12,14,18H,11,13,15-16H2,1-2H3,(H,31,36)(H,32,37). The smallest absolute Gasteiger partial charge is 0.331 e. The second-order valence-electron chi connectivity index (χ2n) is 10.3.